The van der Waals surface area contributed by atoms with Crippen molar-refractivity contribution in [1.82, 2.24) is 15.1 Å². The van der Waals surface area contributed by atoms with E-state index in [9.17, 15) is 4.79 Å². The molecule has 6 nitrogen and oxygen atoms in total. The van der Waals surface area contributed by atoms with Crippen molar-refractivity contribution < 1.29 is 9.90 Å². The lowest BCUT2D eigenvalue weighted by atomic mass is 10.1. The number of carboxylic acid groups (broad SMARTS) is 1. The molecule has 0 saturated carbocycles. The van der Waals surface area contributed by atoms with Crippen molar-refractivity contribution in [2.24, 2.45) is 0 Å². The van der Waals surface area contributed by atoms with Crippen LogP contribution in [0.5, 0.6) is 0 Å². The second-order valence-corrected chi connectivity index (χ2v) is 5.84. The second kappa shape index (κ2) is 5.98. The maximum atomic E-state index is 10.9. The summed E-state index contributed by atoms with van der Waals surface area (Å²) in [4.78, 5) is 15.4. The molecule has 2 N–H and O–H groups in total. The maximum Gasteiger partial charge on any atom is 0.353 e. The first-order valence-electron chi connectivity index (χ1n) is 7.07. The van der Waals surface area contributed by atoms with Crippen molar-refractivity contribution in [3.8, 4) is 11.3 Å². The van der Waals surface area contributed by atoms with Crippen molar-refractivity contribution in [1.29, 1.82) is 0 Å². The Bertz CT molecular complexity index is 693. The number of aromatic carboxylic acids is 1. The number of rotatable bonds is 3. The minimum Gasteiger partial charge on any atom is -0.477 e. The van der Waals surface area contributed by atoms with Gasteiger partial charge >= 0.3 is 5.97 Å². The van der Waals surface area contributed by atoms with Crippen LogP contribution in [0.15, 0.2) is 24.3 Å². The van der Waals surface area contributed by atoms with E-state index in [4.69, 9.17) is 16.7 Å². The number of carbonyl (C=O) groups is 1. The lowest BCUT2D eigenvalue weighted by Gasteiger charge is -2.34. The quantitative estimate of drug-likeness (QED) is 0.907. The molecule has 0 bridgehead atoms. The fraction of sp³-hybridized carbons (Fsp3) is 0.333. The van der Waals surface area contributed by atoms with Crippen LogP contribution in [0, 0.1) is 0 Å². The molecule has 1 aliphatic heterocycles. The van der Waals surface area contributed by atoms with Gasteiger partial charge in [-0.2, -0.15) is 5.10 Å². The number of piperazine rings is 1. The fourth-order valence-electron chi connectivity index (χ4n) is 2.55. The Morgan fingerprint density at radius 1 is 1.27 bits per heavy atom. The van der Waals surface area contributed by atoms with Gasteiger partial charge < -0.3 is 14.9 Å². The molecule has 3 rings (SSSR count). The van der Waals surface area contributed by atoms with Crippen LogP contribution in [0.4, 0.5) is 5.69 Å². The minimum atomic E-state index is -1.03. The molecule has 116 valence electrons. The lowest BCUT2D eigenvalue weighted by molar-refractivity contribution is 0.0690. The third-order valence-electron chi connectivity index (χ3n) is 3.90. The summed E-state index contributed by atoms with van der Waals surface area (Å²) >= 11 is 6.41. The highest BCUT2D eigenvalue weighted by Crippen LogP contribution is 2.31. The summed E-state index contributed by atoms with van der Waals surface area (Å²) in [6.07, 6.45) is 0. The summed E-state index contributed by atoms with van der Waals surface area (Å²) in [5.74, 6) is -1.03. The van der Waals surface area contributed by atoms with Gasteiger partial charge in [-0.05, 0) is 25.2 Å². The molecule has 1 fully saturated rings. The molecule has 1 aliphatic rings. The summed E-state index contributed by atoms with van der Waals surface area (Å²) in [7, 11) is 2.11. The number of halogens is 1. The zero-order chi connectivity index (χ0) is 15.7. The van der Waals surface area contributed by atoms with E-state index in [2.05, 4.69) is 27.0 Å². The number of likely N-dealkylation sites (N-methyl/N-ethyl adjacent to an activating group) is 1. The number of carboxylic acids is 1. The Kier molecular flexibility index (Phi) is 4.04. The summed E-state index contributed by atoms with van der Waals surface area (Å²) in [5, 5.41) is 16.1. The lowest BCUT2D eigenvalue weighted by Crippen LogP contribution is -2.44. The first-order valence-corrected chi connectivity index (χ1v) is 7.44. The molecule has 1 aromatic carbocycles. The molecule has 0 spiro atoms. The average Bonchev–Trinajstić information content (AvgIpc) is 2.98. The molecule has 0 amide bonds. The van der Waals surface area contributed by atoms with Crippen LogP contribution < -0.4 is 4.90 Å². The zero-order valence-electron chi connectivity index (χ0n) is 12.2. The average molecular weight is 321 g/mol. The van der Waals surface area contributed by atoms with Crippen LogP contribution in [0.25, 0.3) is 11.3 Å². The molecule has 0 unspecified atom stereocenters. The van der Waals surface area contributed by atoms with Gasteiger partial charge in [0.1, 0.15) is 5.69 Å². The molecular formula is C15H17ClN4O2. The van der Waals surface area contributed by atoms with Crippen LogP contribution in [-0.2, 0) is 0 Å². The van der Waals surface area contributed by atoms with Crippen molar-refractivity contribution in [3.63, 3.8) is 0 Å². The van der Waals surface area contributed by atoms with Crippen LogP contribution in [-0.4, -0.2) is 59.4 Å². The van der Waals surface area contributed by atoms with Gasteiger partial charge in [-0.3, -0.25) is 5.10 Å². The van der Waals surface area contributed by atoms with E-state index in [1.165, 1.54) is 6.07 Å². The van der Waals surface area contributed by atoms with Crippen molar-refractivity contribution in [2.75, 3.05) is 38.1 Å². The van der Waals surface area contributed by atoms with Crippen molar-refractivity contribution in [3.05, 3.63) is 35.0 Å². The normalized spacial score (nSPS) is 16.0. The summed E-state index contributed by atoms with van der Waals surface area (Å²) in [5.41, 5.74) is 2.44. The molecule has 0 radical (unpaired) electrons. The summed E-state index contributed by atoms with van der Waals surface area (Å²) in [6, 6.07) is 7.22. The van der Waals surface area contributed by atoms with Gasteiger partial charge in [0.25, 0.3) is 0 Å². The number of hydrogen-bond acceptors (Lipinski definition) is 4. The first-order chi connectivity index (χ1) is 10.5. The SMILES string of the molecule is CN1CCN(c2ccc(-c3cc(C(=O)O)[nH]n3)cc2Cl)CC1. The van der Waals surface area contributed by atoms with Crippen molar-refractivity contribution >= 4 is 23.3 Å². The molecule has 7 heteroatoms. The summed E-state index contributed by atoms with van der Waals surface area (Å²) in [6.45, 7) is 3.92. The van der Waals surface area contributed by atoms with E-state index in [1.54, 1.807) is 0 Å². The number of aromatic amines is 1. The number of anilines is 1. The van der Waals surface area contributed by atoms with E-state index in [0.29, 0.717) is 10.7 Å². The highest BCUT2D eigenvalue weighted by atomic mass is 35.5. The van der Waals surface area contributed by atoms with E-state index in [0.717, 1.165) is 37.4 Å². The third-order valence-corrected chi connectivity index (χ3v) is 4.20. The Hall–Kier alpha value is -2.05. The van der Waals surface area contributed by atoms with Gasteiger partial charge in [0, 0.05) is 31.7 Å². The van der Waals surface area contributed by atoms with Gasteiger partial charge in [-0.25, -0.2) is 4.79 Å². The number of hydrogen-bond donors (Lipinski definition) is 2. The van der Waals surface area contributed by atoms with Crippen molar-refractivity contribution in [2.45, 2.75) is 0 Å². The zero-order valence-corrected chi connectivity index (χ0v) is 13.0. The molecule has 0 atom stereocenters. The van der Waals surface area contributed by atoms with Crippen LogP contribution in [0.1, 0.15) is 10.5 Å². The second-order valence-electron chi connectivity index (χ2n) is 5.43. The standard InChI is InChI=1S/C15H17ClN4O2/c1-19-4-6-20(7-5-19)14-3-2-10(8-11(14)16)12-9-13(15(21)22)18-17-12/h2-3,8-9H,4-7H2,1H3,(H,17,18)(H,21,22). The topological polar surface area (TPSA) is 72.5 Å². The first kappa shape index (κ1) is 14.9. The number of nitrogens with zero attached hydrogens (tertiary/aromatic N) is 3. The van der Waals surface area contributed by atoms with E-state index < -0.39 is 5.97 Å². The highest BCUT2D eigenvalue weighted by Gasteiger charge is 2.17. The molecule has 2 heterocycles. The monoisotopic (exact) mass is 320 g/mol. The highest BCUT2D eigenvalue weighted by molar-refractivity contribution is 6.33. The number of aromatic nitrogens is 2. The summed E-state index contributed by atoms with van der Waals surface area (Å²) < 4.78 is 0. The Balaban J connectivity index is 1.83. The molecular weight excluding hydrogens is 304 g/mol. The Labute approximate surface area is 133 Å². The van der Waals surface area contributed by atoms with Gasteiger partial charge in [0.05, 0.1) is 16.4 Å². The smallest absolute Gasteiger partial charge is 0.353 e. The largest absolute Gasteiger partial charge is 0.477 e. The predicted molar refractivity (Wildman–Crippen MR) is 85.7 cm³/mol. The van der Waals surface area contributed by atoms with Gasteiger partial charge in [0.2, 0.25) is 0 Å². The number of benzene rings is 1. The van der Waals surface area contributed by atoms with Crippen LogP contribution in [0.3, 0.4) is 0 Å². The third kappa shape index (κ3) is 2.93. The van der Waals surface area contributed by atoms with Crippen LogP contribution >= 0.6 is 11.6 Å². The van der Waals surface area contributed by atoms with Gasteiger partial charge in [-0.15, -0.1) is 0 Å². The fourth-order valence-corrected chi connectivity index (χ4v) is 2.85. The molecule has 2 aromatic rings. The van der Waals surface area contributed by atoms with Gasteiger partial charge in [0.15, 0.2) is 0 Å². The maximum absolute atomic E-state index is 10.9. The van der Waals surface area contributed by atoms with E-state index in [-0.39, 0.29) is 5.69 Å². The van der Waals surface area contributed by atoms with Crippen LogP contribution in [0.2, 0.25) is 5.02 Å². The molecule has 1 saturated heterocycles. The number of H-pyrrole nitrogens is 1. The van der Waals surface area contributed by atoms with E-state index in [1.807, 2.05) is 18.2 Å². The molecule has 0 aliphatic carbocycles. The predicted octanol–water partition coefficient (Wildman–Crippen LogP) is 2.18. The Morgan fingerprint density at radius 3 is 2.59 bits per heavy atom. The number of nitrogens with one attached hydrogen (secondary N) is 1. The Morgan fingerprint density at radius 2 is 2.00 bits per heavy atom. The minimum absolute atomic E-state index is 0.0641. The van der Waals surface area contributed by atoms with Gasteiger partial charge in [-0.1, -0.05) is 17.7 Å². The van der Waals surface area contributed by atoms with E-state index >= 15 is 0 Å². The molecule has 1 aromatic heterocycles. The molecule has 22 heavy (non-hydrogen) atoms.